The Morgan fingerprint density at radius 2 is 1.96 bits per heavy atom. The summed E-state index contributed by atoms with van der Waals surface area (Å²) < 4.78 is 4.82. The normalized spacial score (nSPS) is 16.2. The van der Waals surface area contributed by atoms with E-state index in [2.05, 4.69) is 24.5 Å². The SMILES string of the molecule is COC(=O)c1cccc(NC(=S)NC2(C(C)C)CCCC2)c1C. The largest absolute Gasteiger partial charge is 0.465 e. The first-order valence-electron chi connectivity index (χ1n) is 8.17. The first-order valence-corrected chi connectivity index (χ1v) is 8.57. The Bertz CT molecular complexity index is 593. The van der Waals surface area contributed by atoms with E-state index in [1.165, 1.54) is 20.0 Å². The van der Waals surface area contributed by atoms with E-state index in [9.17, 15) is 4.79 Å². The van der Waals surface area contributed by atoms with Crippen molar-refractivity contribution in [1.82, 2.24) is 5.32 Å². The van der Waals surface area contributed by atoms with Gasteiger partial charge >= 0.3 is 5.97 Å². The van der Waals surface area contributed by atoms with Gasteiger partial charge in [-0.15, -0.1) is 0 Å². The average molecular weight is 334 g/mol. The summed E-state index contributed by atoms with van der Waals surface area (Å²) in [7, 11) is 1.39. The van der Waals surface area contributed by atoms with Gasteiger partial charge in [0.2, 0.25) is 0 Å². The van der Waals surface area contributed by atoms with E-state index in [1.54, 1.807) is 6.07 Å². The first kappa shape index (κ1) is 17.7. The molecule has 126 valence electrons. The molecule has 2 rings (SSSR count). The summed E-state index contributed by atoms with van der Waals surface area (Å²) in [5, 5.41) is 7.40. The molecule has 0 atom stereocenters. The van der Waals surface area contributed by atoms with Crippen molar-refractivity contribution in [3.63, 3.8) is 0 Å². The lowest BCUT2D eigenvalue weighted by Gasteiger charge is -2.36. The second-order valence-electron chi connectivity index (χ2n) is 6.57. The van der Waals surface area contributed by atoms with Crippen LogP contribution in [0.1, 0.15) is 55.5 Å². The lowest BCUT2D eigenvalue weighted by Crippen LogP contribution is -2.51. The van der Waals surface area contributed by atoms with Crippen LogP contribution in [0.4, 0.5) is 5.69 Å². The van der Waals surface area contributed by atoms with Gasteiger partial charge in [-0.2, -0.15) is 0 Å². The molecule has 1 aromatic carbocycles. The lowest BCUT2D eigenvalue weighted by atomic mass is 9.85. The molecule has 2 N–H and O–H groups in total. The second kappa shape index (κ2) is 7.30. The highest BCUT2D eigenvalue weighted by Crippen LogP contribution is 2.36. The van der Waals surface area contributed by atoms with Crippen molar-refractivity contribution >= 4 is 29.0 Å². The van der Waals surface area contributed by atoms with E-state index >= 15 is 0 Å². The van der Waals surface area contributed by atoms with E-state index < -0.39 is 0 Å². The molecule has 5 heteroatoms. The molecule has 0 aliphatic heterocycles. The highest BCUT2D eigenvalue weighted by molar-refractivity contribution is 7.80. The Labute approximate surface area is 144 Å². The fourth-order valence-corrected chi connectivity index (χ4v) is 3.65. The molecule has 0 radical (unpaired) electrons. The molecule has 1 saturated carbocycles. The van der Waals surface area contributed by atoms with Crippen LogP contribution in [0.25, 0.3) is 0 Å². The number of thiocarbonyl (C=S) groups is 1. The highest BCUT2D eigenvalue weighted by atomic mass is 32.1. The molecule has 1 aliphatic rings. The topological polar surface area (TPSA) is 50.4 Å². The molecule has 1 aromatic rings. The zero-order chi connectivity index (χ0) is 17.0. The number of ether oxygens (including phenoxy) is 1. The fraction of sp³-hybridized carbons (Fsp3) is 0.556. The third-order valence-corrected chi connectivity index (χ3v) is 5.15. The van der Waals surface area contributed by atoms with Gasteiger partial charge in [-0.3, -0.25) is 0 Å². The summed E-state index contributed by atoms with van der Waals surface area (Å²) in [6.07, 6.45) is 4.77. The van der Waals surface area contributed by atoms with Gasteiger partial charge in [0.1, 0.15) is 0 Å². The summed E-state index contributed by atoms with van der Waals surface area (Å²) in [6.45, 7) is 6.37. The van der Waals surface area contributed by atoms with Gasteiger partial charge in [-0.25, -0.2) is 4.79 Å². The Morgan fingerprint density at radius 1 is 1.30 bits per heavy atom. The summed E-state index contributed by atoms with van der Waals surface area (Å²) >= 11 is 5.52. The maximum absolute atomic E-state index is 11.8. The number of rotatable bonds is 4. The van der Waals surface area contributed by atoms with Crippen LogP contribution in [0.5, 0.6) is 0 Å². The van der Waals surface area contributed by atoms with Gasteiger partial charge in [0.15, 0.2) is 5.11 Å². The number of methoxy groups -OCH3 is 1. The van der Waals surface area contributed by atoms with Crippen LogP contribution < -0.4 is 10.6 Å². The van der Waals surface area contributed by atoms with Crippen LogP contribution in [-0.4, -0.2) is 23.7 Å². The monoisotopic (exact) mass is 334 g/mol. The van der Waals surface area contributed by atoms with E-state index in [1.807, 2.05) is 19.1 Å². The van der Waals surface area contributed by atoms with Gasteiger partial charge in [-0.05, 0) is 55.6 Å². The zero-order valence-electron chi connectivity index (χ0n) is 14.4. The molecular formula is C18H26N2O2S. The summed E-state index contributed by atoms with van der Waals surface area (Å²) in [6, 6.07) is 5.51. The van der Waals surface area contributed by atoms with Crippen LogP contribution in [0, 0.1) is 12.8 Å². The Balaban J connectivity index is 2.13. The van der Waals surface area contributed by atoms with Crippen molar-refractivity contribution in [3.05, 3.63) is 29.3 Å². The van der Waals surface area contributed by atoms with Crippen molar-refractivity contribution in [2.24, 2.45) is 5.92 Å². The quantitative estimate of drug-likeness (QED) is 0.643. The van der Waals surface area contributed by atoms with E-state index in [4.69, 9.17) is 17.0 Å². The van der Waals surface area contributed by atoms with Crippen molar-refractivity contribution in [3.8, 4) is 0 Å². The minimum atomic E-state index is -0.334. The van der Waals surface area contributed by atoms with E-state index in [0.717, 1.165) is 24.1 Å². The Morgan fingerprint density at radius 3 is 2.52 bits per heavy atom. The van der Waals surface area contributed by atoms with Crippen LogP contribution in [-0.2, 0) is 4.74 Å². The molecule has 0 saturated heterocycles. The van der Waals surface area contributed by atoms with E-state index in [0.29, 0.717) is 16.6 Å². The minimum Gasteiger partial charge on any atom is -0.465 e. The number of carbonyl (C=O) groups excluding carboxylic acids is 1. The molecule has 23 heavy (non-hydrogen) atoms. The van der Waals surface area contributed by atoms with Gasteiger partial charge in [0, 0.05) is 11.2 Å². The van der Waals surface area contributed by atoms with Gasteiger partial charge < -0.3 is 15.4 Å². The number of carbonyl (C=O) groups is 1. The molecule has 0 bridgehead atoms. The molecule has 0 heterocycles. The molecular weight excluding hydrogens is 308 g/mol. The maximum atomic E-state index is 11.8. The third-order valence-electron chi connectivity index (χ3n) is 4.95. The van der Waals surface area contributed by atoms with Gasteiger partial charge in [0.05, 0.1) is 12.7 Å². The standard InChI is InChI=1S/C18H26N2O2S/c1-12(2)18(10-5-6-11-18)20-17(23)19-15-9-7-8-14(13(15)3)16(21)22-4/h7-9,12H,5-6,10-11H2,1-4H3,(H2,19,20,23). The average Bonchev–Trinajstić information content (AvgIpc) is 2.98. The Kier molecular flexibility index (Phi) is 5.63. The molecule has 0 amide bonds. The molecule has 1 fully saturated rings. The molecule has 0 unspecified atom stereocenters. The van der Waals surface area contributed by atoms with Crippen LogP contribution in [0.3, 0.4) is 0 Å². The number of hydrogen-bond acceptors (Lipinski definition) is 3. The number of esters is 1. The molecule has 4 nitrogen and oxygen atoms in total. The van der Waals surface area contributed by atoms with Crippen molar-refractivity contribution in [2.75, 3.05) is 12.4 Å². The van der Waals surface area contributed by atoms with Gasteiger partial charge in [0.25, 0.3) is 0 Å². The maximum Gasteiger partial charge on any atom is 0.338 e. The fourth-order valence-electron chi connectivity index (χ4n) is 3.33. The summed E-state index contributed by atoms with van der Waals surface area (Å²) in [4.78, 5) is 11.8. The molecule has 0 spiro atoms. The minimum absolute atomic E-state index is 0.0813. The number of nitrogens with one attached hydrogen (secondary N) is 2. The summed E-state index contributed by atoms with van der Waals surface area (Å²) in [5.41, 5.74) is 2.31. The van der Waals surface area contributed by atoms with Crippen molar-refractivity contribution in [2.45, 2.75) is 52.0 Å². The highest BCUT2D eigenvalue weighted by Gasteiger charge is 2.37. The first-order chi connectivity index (χ1) is 10.9. The zero-order valence-corrected chi connectivity index (χ0v) is 15.2. The van der Waals surface area contributed by atoms with Crippen molar-refractivity contribution in [1.29, 1.82) is 0 Å². The predicted molar refractivity (Wildman–Crippen MR) is 97.9 cm³/mol. The molecule has 0 aromatic heterocycles. The van der Waals surface area contributed by atoms with Crippen LogP contribution in [0.15, 0.2) is 18.2 Å². The second-order valence-corrected chi connectivity index (χ2v) is 6.98. The van der Waals surface area contributed by atoms with Crippen LogP contribution >= 0.6 is 12.2 Å². The van der Waals surface area contributed by atoms with Gasteiger partial charge in [-0.1, -0.05) is 32.8 Å². The van der Waals surface area contributed by atoms with E-state index in [-0.39, 0.29) is 11.5 Å². The number of benzene rings is 1. The predicted octanol–water partition coefficient (Wildman–Crippen LogP) is 4.04. The summed E-state index contributed by atoms with van der Waals surface area (Å²) in [5.74, 6) is 0.187. The smallest absolute Gasteiger partial charge is 0.338 e. The number of anilines is 1. The van der Waals surface area contributed by atoms with Crippen LogP contribution in [0.2, 0.25) is 0 Å². The Hall–Kier alpha value is -1.62. The number of hydrogen-bond donors (Lipinski definition) is 2. The lowest BCUT2D eigenvalue weighted by molar-refractivity contribution is 0.0600. The molecule has 1 aliphatic carbocycles. The third kappa shape index (κ3) is 3.83. The van der Waals surface area contributed by atoms with Crippen molar-refractivity contribution < 1.29 is 9.53 Å².